The lowest BCUT2D eigenvalue weighted by molar-refractivity contribution is -0.133. The van der Waals surface area contributed by atoms with E-state index in [0.29, 0.717) is 11.3 Å². The van der Waals surface area contributed by atoms with Gasteiger partial charge in [-0.2, -0.15) is 0 Å². The molecule has 0 radical (unpaired) electrons. The highest BCUT2D eigenvalue weighted by Crippen LogP contribution is 2.18. The molecule has 0 bridgehead atoms. The first-order valence-electron chi connectivity index (χ1n) is 8.11. The van der Waals surface area contributed by atoms with Crippen molar-refractivity contribution < 1.29 is 19.4 Å². The molecule has 0 saturated carbocycles. The lowest BCUT2D eigenvalue weighted by Crippen LogP contribution is -2.35. The number of aliphatic hydroxyl groups is 1. The fraction of sp³-hybridized carbons (Fsp3) is 0.529. The number of nitrogens with one attached hydrogen (secondary N) is 1. The number of aliphatic hydroxyl groups excluding tert-OH is 1. The van der Waals surface area contributed by atoms with Crippen LogP contribution in [0.15, 0.2) is 24.3 Å². The smallest absolute Gasteiger partial charge is 0.260 e. The molecule has 1 aromatic carbocycles. The summed E-state index contributed by atoms with van der Waals surface area (Å²) in [4.78, 5) is 26.1. The second-order valence-corrected chi connectivity index (χ2v) is 5.56. The van der Waals surface area contributed by atoms with Crippen LogP contribution in [0.25, 0.3) is 0 Å². The Morgan fingerprint density at radius 1 is 1.13 bits per heavy atom. The Bertz CT molecular complexity index is 525. The SMILES string of the molecule is O=C(NCCO)c1ccccc1OCC(=O)N1CCCCCC1. The van der Waals surface area contributed by atoms with Crippen LogP contribution in [0.2, 0.25) is 0 Å². The van der Waals surface area contributed by atoms with Crippen LogP contribution in [-0.4, -0.2) is 54.7 Å². The van der Waals surface area contributed by atoms with Crippen molar-refractivity contribution in [3.05, 3.63) is 29.8 Å². The van der Waals surface area contributed by atoms with E-state index in [1.165, 1.54) is 12.8 Å². The summed E-state index contributed by atoms with van der Waals surface area (Å²) >= 11 is 0. The van der Waals surface area contributed by atoms with E-state index in [1.54, 1.807) is 24.3 Å². The number of amides is 2. The molecule has 1 heterocycles. The predicted octanol–water partition coefficient (Wildman–Crippen LogP) is 1.19. The van der Waals surface area contributed by atoms with Gasteiger partial charge in [-0.05, 0) is 25.0 Å². The summed E-state index contributed by atoms with van der Waals surface area (Å²) in [6.07, 6.45) is 4.40. The average Bonchev–Trinajstić information content (AvgIpc) is 2.87. The van der Waals surface area contributed by atoms with Crippen LogP contribution < -0.4 is 10.1 Å². The summed E-state index contributed by atoms with van der Waals surface area (Å²) in [5.41, 5.74) is 0.365. The molecule has 1 saturated heterocycles. The summed E-state index contributed by atoms with van der Waals surface area (Å²) in [7, 11) is 0. The molecule has 2 N–H and O–H groups in total. The van der Waals surface area contributed by atoms with E-state index in [4.69, 9.17) is 9.84 Å². The number of carbonyl (C=O) groups excluding carboxylic acids is 2. The first kappa shape index (κ1) is 17.3. The zero-order valence-electron chi connectivity index (χ0n) is 13.3. The Morgan fingerprint density at radius 2 is 1.83 bits per heavy atom. The molecule has 0 spiro atoms. The van der Waals surface area contributed by atoms with E-state index >= 15 is 0 Å². The van der Waals surface area contributed by atoms with Crippen LogP contribution in [0.1, 0.15) is 36.0 Å². The third kappa shape index (κ3) is 5.25. The van der Waals surface area contributed by atoms with Gasteiger partial charge in [0.15, 0.2) is 6.61 Å². The predicted molar refractivity (Wildman–Crippen MR) is 86.4 cm³/mol. The Kier molecular flexibility index (Phi) is 6.87. The third-order valence-corrected chi connectivity index (χ3v) is 3.84. The highest BCUT2D eigenvalue weighted by molar-refractivity contribution is 5.97. The van der Waals surface area contributed by atoms with E-state index in [1.807, 2.05) is 4.90 Å². The van der Waals surface area contributed by atoms with Crippen molar-refractivity contribution in [3.8, 4) is 5.75 Å². The maximum atomic E-state index is 12.2. The van der Waals surface area contributed by atoms with Gasteiger partial charge in [0.05, 0.1) is 12.2 Å². The van der Waals surface area contributed by atoms with Crippen LogP contribution in [0.3, 0.4) is 0 Å². The van der Waals surface area contributed by atoms with Crippen LogP contribution in [-0.2, 0) is 4.79 Å². The lowest BCUT2D eigenvalue weighted by atomic mass is 10.2. The third-order valence-electron chi connectivity index (χ3n) is 3.84. The summed E-state index contributed by atoms with van der Waals surface area (Å²) in [5.74, 6) is 0.0143. The molecule has 2 amide bonds. The molecule has 1 aliphatic heterocycles. The topological polar surface area (TPSA) is 78.9 Å². The lowest BCUT2D eigenvalue weighted by Gasteiger charge is -2.20. The summed E-state index contributed by atoms with van der Waals surface area (Å²) in [5, 5.41) is 11.4. The van der Waals surface area contributed by atoms with Gasteiger partial charge in [0.2, 0.25) is 0 Å². The van der Waals surface area contributed by atoms with Crippen molar-refractivity contribution in [2.24, 2.45) is 0 Å². The van der Waals surface area contributed by atoms with E-state index in [9.17, 15) is 9.59 Å². The maximum Gasteiger partial charge on any atom is 0.260 e. The molecule has 0 atom stereocenters. The molecule has 2 rings (SSSR count). The number of rotatable bonds is 6. The Balaban J connectivity index is 1.94. The number of carbonyl (C=O) groups is 2. The molecular weight excluding hydrogens is 296 g/mol. The fourth-order valence-electron chi connectivity index (χ4n) is 2.60. The van der Waals surface area contributed by atoms with Gasteiger partial charge in [-0.15, -0.1) is 0 Å². The highest BCUT2D eigenvalue weighted by atomic mass is 16.5. The normalized spacial score (nSPS) is 14.9. The number of ether oxygens (including phenoxy) is 1. The van der Waals surface area contributed by atoms with Gasteiger partial charge in [0.1, 0.15) is 5.75 Å². The zero-order chi connectivity index (χ0) is 16.5. The minimum Gasteiger partial charge on any atom is -0.483 e. The minimum absolute atomic E-state index is 0.0440. The molecular formula is C17H24N2O4. The summed E-state index contributed by atoms with van der Waals surface area (Å²) in [6.45, 7) is 1.55. The first-order chi connectivity index (χ1) is 11.2. The van der Waals surface area contributed by atoms with E-state index in [2.05, 4.69) is 5.32 Å². The number of likely N-dealkylation sites (tertiary alicyclic amines) is 1. The van der Waals surface area contributed by atoms with Gasteiger partial charge >= 0.3 is 0 Å². The second-order valence-electron chi connectivity index (χ2n) is 5.56. The van der Waals surface area contributed by atoms with Gasteiger partial charge in [-0.25, -0.2) is 0 Å². The van der Waals surface area contributed by atoms with Crippen molar-refractivity contribution in [1.82, 2.24) is 10.2 Å². The number of nitrogens with zero attached hydrogens (tertiary/aromatic N) is 1. The number of hydrogen-bond donors (Lipinski definition) is 2. The quantitative estimate of drug-likeness (QED) is 0.825. The van der Waals surface area contributed by atoms with Crippen molar-refractivity contribution in [2.45, 2.75) is 25.7 Å². The Morgan fingerprint density at radius 3 is 2.52 bits per heavy atom. The molecule has 6 heteroatoms. The van der Waals surface area contributed by atoms with Gasteiger partial charge in [-0.3, -0.25) is 9.59 Å². The Hall–Kier alpha value is -2.08. The monoisotopic (exact) mass is 320 g/mol. The van der Waals surface area contributed by atoms with Gasteiger partial charge < -0.3 is 20.1 Å². The van der Waals surface area contributed by atoms with Crippen LogP contribution in [0, 0.1) is 0 Å². The molecule has 6 nitrogen and oxygen atoms in total. The first-order valence-corrected chi connectivity index (χ1v) is 8.11. The Labute approximate surface area is 136 Å². The largest absolute Gasteiger partial charge is 0.483 e. The van der Waals surface area contributed by atoms with Crippen molar-refractivity contribution in [2.75, 3.05) is 32.8 Å². The number of hydrogen-bond acceptors (Lipinski definition) is 4. The van der Waals surface area contributed by atoms with E-state index in [0.717, 1.165) is 25.9 Å². The van der Waals surface area contributed by atoms with E-state index in [-0.39, 0.29) is 31.6 Å². The highest BCUT2D eigenvalue weighted by Gasteiger charge is 2.17. The summed E-state index contributed by atoms with van der Waals surface area (Å²) < 4.78 is 5.58. The molecule has 0 aliphatic carbocycles. The van der Waals surface area contributed by atoms with Gasteiger partial charge in [-0.1, -0.05) is 25.0 Å². The zero-order valence-corrected chi connectivity index (χ0v) is 13.3. The number of para-hydroxylation sites is 1. The van der Waals surface area contributed by atoms with E-state index < -0.39 is 0 Å². The van der Waals surface area contributed by atoms with Gasteiger partial charge in [0.25, 0.3) is 11.8 Å². The fourth-order valence-corrected chi connectivity index (χ4v) is 2.60. The molecule has 1 fully saturated rings. The molecule has 0 aromatic heterocycles. The molecule has 23 heavy (non-hydrogen) atoms. The molecule has 1 aliphatic rings. The molecule has 0 unspecified atom stereocenters. The van der Waals surface area contributed by atoms with Crippen LogP contribution >= 0.6 is 0 Å². The van der Waals surface area contributed by atoms with Crippen molar-refractivity contribution >= 4 is 11.8 Å². The average molecular weight is 320 g/mol. The van der Waals surface area contributed by atoms with Crippen LogP contribution in [0.5, 0.6) is 5.75 Å². The van der Waals surface area contributed by atoms with Crippen molar-refractivity contribution in [1.29, 1.82) is 0 Å². The standard InChI is InChI=1S/C17H24N2O4/c20-12-9-18-17(22)14-7-3-4-8-15(14)23-13-16(21)19-10-5-1-2-6-11-19/h3-4,7-8,20H,1-2,5-6,9-13H2,(H,18,22). The van der Waals surface area contributed by atoms with Gasteiger partial charge in [0, 0.05) is 19.6 Å². The molecule has 126 valence electrons. The second kappa shape index (κ2) is 9.15. The van der Waals surface area contributed by atoms with Crippen molar-refractivity contribution in [3.63, 3.8) is 0 Å². The maximum absolute atomic E-state index is 12.2. The summed E-state index contributed by atoms with van der Waals surface area (Å²) in [6, 6.07) is 6.80. The molecule has 1 aromatic rings. The minimum atomic E-state index is -0.322. The number of benzene rings is 1. The van der Waals surface area contributed by atoms with Crippen LogP contribution in [0.4, 0.5) is 0 Å².